The van der Waals surface area contributed by atoms with E-state index in [4.69, 9.17) is 5.73 Å². The molecule has 0 saturated carbocycles. The average Bonchev–Trinajstić information content (AvgIpc) is 3.61. The lowest BCUT2D eigenvalue weighted by Crippen LogP contribution is -2.36. The Labute approximate surface area is 307 Å². The number of hydrogen-bond acceptors (Lipinski definition) is 8. The molecule has 0 fully saturated rings. The molecule has 2 aliphatic carbocycles. The fourth-order valence-electron chi connectivity index (χ4n) is 7.35. The van der Waals surface area contributed by atoms with Gasteiger partial charge in [-0.3, -0.25) is 23.9 Å². The number of nitrogens with zero attached hydrogens (tertiary/aromatic N) is 6. The van der Waals surface area contributed by atoms with E-state index in [1.54, 1.807) is 6.07 Å². The van der Waals surface area contributed by atoms with Gasteiger partial charge in [-0.2, -0.15) is 36.5 Å². The predicted molar refractivity (Wildman–Crippen MR) is 184 cm³/mol. The largest absolute Gasteiger partial charge is 0.435 e. The molecule has 3 atom stereocenters. The minimum atomic E-state index is -5.11. The zero-order valence-electron chi connectivity index (χ0n) is 28.9. The molecule has 7 rings (SSSR count). The maximum Gasteiger partial charge on any atom is 0.435 e. The van der Waals surface area contributed by atoms with E-state index < -0.39 is 86.9 Å². The van der Waals surface area contributed by atoms with Crippen LogP contribution in [0.5, 0.6) is 0 Å². The van der Waals surface area contributed by atoms with E-state index in [-0.39, 0.29) is 51.2 Å². The van der Waals surface area contributed by atoms with Crippen LogP contribution in [-0.2, 0) is 51.7 Å². The topological polar surface area (TPSA) is 158 Å². The first-order valence-electron chi connectivity index (χ1n) is 16.4. The summed E-state index contributed by atoms with van der Waals surface area (Å²) in [6.45, 7) is -0.0591. The highest BCUT2D eigenvalue weighted by Gasteiger charge is 2.61. The molecule has 3 N–H and O–H groups in total. The van der Waals surface area contributed by atoms with Crippen LogP contribution in [0.25, 0.3) is 22.0 Å². The fraction of sp³-hybridized carbons (Fsp3) is 0.286. The molecule has 2 amide bonds. The van der Waals surface area contributed by atoms with Crippen LogP contribution < -0.4 is 15.4 Å². The summed E-state index contributed by atoms with van der Waals surface area (Å²) in [5.41, 5.74) is 3.70. The second-order valence-corrected chi connectivity index (χ2v) is 15.2. The Bertz CT molecular complexity index is 2550. The van der Waals surface area contributed by atoms with Gasteiger partial charge in [-0.1, -0.05) is 24.3 Å². The van der Waals surface area contributed by atoms with Gasteiger partial charge in [0, 0.05) is 48.0 Å². The van der Waals surface area contributed by atoms with Gasteiger partial charge in [0.05, 0.1) is 41.3 Å². The first-order chi connectivity index (χ1) is 25.7. The number of carbonyl (C=O) groups excluding carboxylic acids is 2. The van der Waals surface area contributed by atoms with Gasteiger partial charge < -0.3 is 11.1 Å². The lowest BCUT2D eigenvalue weighted by molar-refractivity contribution is -0.142. The van der Waals surface area contributed by atoms with Crippen LogP contribution in [0.3, 0.4) is 0 Å². The standard InChI is InChI=1S/C35H29F7N8O4S/c1-16(51)50(55(3,53)54)33-23-6-4-5-21(30(23)48(2)47-33)24-13-20(43)14-44-29(24)26(11-17-9-18(36)12-19(37)10-17)45-27(52)15-49-32-28(31(46-49)35(40,41)42)22-7-8-25(22)34(32,38)39/h4-10,12-14,22,25-26H,11,15,43H2,1-3H3,(H,45,52)/t22-,25+,26-/m0/s1. The molecule has 0 unspecified atom stereocenters. The molecule has 2 aliphatic rings. The zero-order chi connectivity index (χ0) is 39.9. The van der Waals surface area contributed by atoms with E-state index in [2.05, 4.69) is 20.5 Å². The number of sulfonamides is 1. The van der Waals surface area contributed by atoms with Gasteiger partial charge in [-0.25, -0.2) is 17.2 Å². The molecule has 20 heteroatoms. The van der Waals surface area contributed by atoms with Gasteiger partial charge in [-0.05, 0) is 36.2 Å². The van der Waals surface area contributed by atoms with Crippen molar-refractivity contribution in [2.45, 2.75) is 43.9 Å². The van der Waals surface area contributed by atoms with Crippen molar-refractivity contribution in [3.63, 3.8) is 0 Å². The number of nitrogens with one attached hydrogen (secondary N) is 1. The number of pyridine rings is 1. The normalized spacial score (nSPS) is 17.8. The fourth-order valence-corrected chi connectivity index (χ4v) is 8.26. The molecule has 288 valence electrons. The first kappa shape index (κ1) is 37.5. The number of carbonyl (C=O) groups is 2. The van der Waals surface area contributed by atoms with E-state index in [0.29, 0.717) is 15.1 Å². The number of benzene rings is 2. The Balaban J connectivity index is 1.34. The molecule has 5 aromatic rings. The van der Waals surface area contributed by atoms with E-state index in [1.165, 1.54) is 42.2 Å². The number of hydrogen-bond donors (Lipinski definition) is 2. The molecule has 3 heterocycles. The first-order valence-corrected chi connectivity index (χ1v) is 18.2. The number of aromatic nitrogens is 5. The Kier molecular flexibility index (Phi) is 8.81. The van der Waals surface area contributed by atoms with Crippen molar-refractivity contribution in [1.82, 2.24) is 29.9 Å². The maximum absolute atomic E-state index is 15.5. The molecule has 0 bridgehead atoms. The molecule has 55 heavy (non-hydrogen) atoms. The van der Waals surface area contributed by atoms with Crippen molar-refractivity contribution in [3.05, 3.63) is 101 Å². The summed E-state index contributed by atoms with van der Waals surface area (Å²) in [6.07, 6.45) is -1.13. The monoisotopic (exact) mass is 790 g/mol. The maximum atomic E-state index is 15.5. The van der Waals surface area contributed by atoms with Crippen molar-refractivity contribution in [2.24, 2.45) is 13.0 Å². The van der Waals surface area contributed by atoms with Crippen molar-refractivity contribution in [3.8, 4) is 11.1 Å². The van der Waals surface area contributed by atoms with Gasteiger partial charge in [-0.15, -0.1) is 0 Å². The number of rotatable bonds is 9. The Morgan fingerprint density at radius 3 is 2.35 bits per heavy atom. The van der Waals surface area contributed by atoms with Crippen LogP contribution in [0.4, 0.5) is 42.2 Å². The van der Waals surface area contributed by atoms with E-state index in [0.717, 1.165) is 31.4 Å². The summed E-state index contributed by atoms with van der Waals surface area (Å²) in [5, 5.41) is 10.5. The van der Waals surface area contributed by atoms with Crippen LogP contribution in [0.1, 0.15) is 47.1 Å². The number of para-hydroxylation sites is 1. The van der Waals surface area contributed by atoms with Crippen molar-refractivity contribution in [1.29, 1.82) is 0 Å². The van der Waals surface area contributed by atoms with Crippen LogP contribution in [0.2, 0.25) is 0 Å². The quantitative estimate of drug-likeness (QED) is 0.147. The van der Waals surface area contributed by atoms with Gasteiger partial charge in [0.1, 0.15) is 23.9 Å². The summed E-state index contributed by atoms with van der Waals surface area (Å²) >= 11 is 0. The predicted octanol–water partition coefficient (Wildman–Crippen LogP) is 5.50. The van der Waals surface area contributed by atoms with Gasteiger partial charge in [0.25, 0.3) is 5.92 Å². The Morgan fingerprint density at radius 1 is 1.05 bits per heavy atom. The number of halogens is 7. The molecule has 0 aliphatic heterocycles. The van der Waals surface area contributed by atoms with Gasteiger partial charge in [0.15, 0.2) is 11.5 Å². The third-order valence-corrected chi connectivity index (χ3v) is 10.5. The number of amides is 2. The van der Waals surface area contributed by atoms with Gasteiger partial charge in [0.2, 0.25) is 21.8 Å². The number of nitrogens with two attached hydrogens (primary N) is 1. The third-order valence-electron chi connectivity index (χ3n) is 9.44. The third kappa shape index (κ3) is 6.46. The van der Waals surface area contributed by atoms with Crippen LogP contribution in [0.15, 0.2) is 60.8 Å². The number of nitrogen functional groups attached to an aromatic ring is 1. The summed E-state index contributed by atoms with van der Waals surface area (Å²) in [5.74, 6) is -10.7. The summed E-state index contributed by atoms with van der Waals surface area (Å²) < 4.78 is 129. The highest BCUT2D eigenvalue weighted by atomic mass is 32.2. The number of alkyl halides is 5. The SMILES string of the molecule is CC(=O)N(c1nn(C)c2c(-c3cc(N)cnc3[C@H](Cc3cc(F)cc(F)c3)NC(=O)Cn3nc(C(F)(F)F)c4c3C(F)(F)[C@@H]3C=C[C@H]43)cccc12)S(C)(=O)=O. The summed E-state index contributed by atoms with van der Waals surface area (Å²) in [7, 11) is -2.68. The molecule has 12 nitrogen and oxygen atoms in total. The molecule has 0 spiro atoms. The second-order valence-electron chi connectivity index (χ2n) is 13.3. The molecule has 2 aromatic carbocycles. The minimum Gasteiger partial charge on any atom is -0.397 e. The molecular formula is C35H29F7N8O4S. The van der Waals surface area contributed by atoms with Crippen molar-refractivity contribution >= 4 is 44.2 Å². The lowest BCUT2D eigenvalue weighted by atomic mass is 9.81. The Hall–Kier alpha value is -5.79. The van der Waals surface area contributed by atoms with E-state index in [9.17, 15) is 40.0 Å². The molecule has 0 radical (unpaired) electrons. The number of anilines is 2. The summed E-state index contributed by atoms with van der Waals surface area (Å²) in [4.78, 5) is 30.7. The van der Waals surface area contributed by atoms with Crippen LogP contribution in [-0.4, -0.2) is 51.0 Å². The number of allylic oxidation sites excluding steroid dienone is 2. The smallest absolute Gasteiger partial charge is 0.397 e. The van der Waals surface area contributed by atoms with Crippen molar-refractivity contribution in [2.75, 3.05) is 16.3 Å². The van der Waals surface area contributed by atoms with Crippen LogP contribution in [0, 0.1) is 17.6 Å². The van der Waals surface area contributed by atoms with E-state index >= 15 is 8.78 Å². The minimum absolute atomic E-state index is 0.00301. The Morgan fingerprint density at radius 2 is 1.75 bits per heavy atom. The molecular weight excluding hydrogens is 761 g/mol. The molecule has 3 aromatic heterocycles. The van der Waals surface area contributed by atoms with Crippen molar-refractivity contribution < 1.29 is 48.7 Å². The summed E-state index contributed by atoms with van der Waals surface area (Å²) in [6, 6.07) is 7.26. The van der Waals surface area contributed by atoms with Gasteiger partial charge >= 0.3 is 6.18 Å². The average molecular weight is 791 g/mol. The van der Waals surface area contributed by atoms with Crippen LogP contribution >= 0.6 is 0 Å². The van der Waals surface area contributed by atoms with E-state index in [1.807, 2.05) is 0 Å². The number of aryl methyl sites for hydroxylation is 1. The zero-order valence-corrected chi connectivity index (χ0v) is 29.7. The highest BCUT2D eigenvalue weighted by Crippen LogP contribution is 2.60. The second kappa shape index (κ2) is 12.9. The number of fused-ring (bicyclic) bond motifs is 4. The molecule has 0 saturated heterocycles. The lowest BCUT2D eigenvalue weighted by Gasteiger charge is -2.27. The highest BCUT2D eigenvalue weighted by molar-refractivity contribution is 7.92.